The van der Waals surface area contributed by atoms with Crippen LogP contribution in [0.25, 0.3) is 0 Å². The highest BCUT2D eigenvalue weighted by molar-refractivity contribution is 5.82. The van der Waals surface area contributed by atoms with Crippen LogP contribution >= 0.6 is 0 Å². The molecular formula is C79H160O10. The van der Waals surface area contributed by atoms with Gasteiger partial charge in [-0.3, -0.25) is 28.8 Å². The summed E-state index contributed by atoms with van der Waals surface area (Å²) in [6.45, 7) is 47.1. The van der Waals surface area contributed by atoms with Gasteiger partial charge in [0.05, 0.1) is 24.4 Å². The maximum atomic E-state index is 11.4. The first-order valence-electron chi connectivity index (χ1n) is 37.6. The third-order valence-corrected chi connectivity index (χ3v) is 16.2. The first kappa shape index (κ1) is 100. The summed E-state index contributed by atoms with van der Waals surface area (Å²) in [6, 6.07) is 0. The first-order chi connectivity index (χ1) is 41.7. The molecule has 0 heterocycles. The van der Waals surface area contributed by atoms with Crippen LogP contribution in [0.1, 0.15) is 397 Å². The molecule has 0 bridgehead atoms. The molecule has 0 radical (unpaired) electrons. The van der Waals surface area contributed by atoms with Crippen molar-refractivity contribution in [3.8, 4) is 0 Å². The quantitative estimate of drug-likeness (QED) is 0.0428. The topological polar surface area (TPSA) is 183 Å². The van der Waals surface area contributed by atoms with Gasteiger partial charge in [-0.15, -0.1) is 0 Å². The predicted octanol–water partition coefficient (Wildman–Crippen LogP) is 22.2. The number of aliphatic hydroxyl groups excluding tert-OH is 4. The van der Waals surface area contributed by atoms with E-state index in [-0.39, 0.29) is 58.6 Å². The zero-order valence-electron chi connectivity index (χ0n) is 63.9. The van der Waals surface area contributed by atoms with Crippen molar-refractivity contribution in [3.63, 3.8) is 0 Å². The summed E-state index contributed by atoms with van der Waals surface area (Å²) < 4.78 is 0. The fraction of sp³-hybridized carbons (Fsp3) is 0.924. The van der Waals surface area contributed by atoms with Crippen LogP contribution in [0.2, 0.25) is 0 Å². The van der Waals surface area contributed by atoms with E-state index in [0.717, 1.165) is 102 Å². The van der Waals surface area contributed by atoms with E-state index >= 15 is 0 Å². The lowest BCUT2D eigenvalue weighted by molar-refractivity contribution is -0.124. The summed E-state index contributed by atoms with van der Waals surface area (Å²) >= 11 is 0. The second-order valence-corrected chi connectivity index (χ2v) is 28.7. The molecule has 0 aromatic rings. The standard InChI is InChI=1S/C14H28O2.2C13H26O2.C13H26O.C12H24O2.C11H22O.C3H8/c1-5-12(4)8-6-7-9-13(15)10-14(16)11(2)3;1-10(2)7-5-6-8-12(14)9-13(15)11(3)4;1-4-5-6-7-8-9-12(14)10-13(15)11(2)3;1-4-5-6-7-8-9-10-11-13(14)12(2)3;1-5-10(4)6-7-11(13)8-12(14)9(2)3;1-4-5-6-7-8-9-11(12)10(2)3;1-3-2/h11-13,15H,5-10H2,1-4H3;10-12,14H,5-9H2,1-4H3;11-12,14H,4-10H2,1-3H3;12H,4-11H2,1-3H3;9-11,13H,5-8H2,1-4H3;10H,4-9H2,1-3H3;3H2,1-2H3. The van der Waals surface area contributed by atoms with Gasteiger partial charge in [0.25, 0.3) is 0 Å². The smallest absolute Gasteiger partial charge is 0.137 e. The average molecular weight is 1270 g/mol. The monoisotopic (exact) mass is 1270 g/mol. The number of carbonyl (C=O) groups is 6. The second kappa shape index (κ2) is 73.3. The van der Waals surface area contributed by atoms with E-state index < -0.39 is 24.4 Å². The Labute approximate surface area is 555 Å². The summed E-state index contributed by atoms with van der Waals surface area (Å²) in [5.74, 6) is 4.39. The third kappa shape index (κ3) is 85.9. The van der Waals surface area contributed by atoms with Crippen LogP contribution in [0.3, 0.4) is 0 Å². The van der Waals surface area contributed by atoms with Crippen LogP contribution in [0.15, 0.2) is 0 Å². The molecule has 0 aliphatic heterocycles. The third-order valence-electron chi connectivity index (χ3n) is 16.2. The number of hydrogen-bond acceptors (Lipinski definition) is 10. The molecule has 0 aromatic heterocycles. The molecule has 0 spiro atoms. The number of aliphatic hydroxyl groups is 4. The van der Waals surface area contributed by atoms with Gasteiger partial charge in [0, 0.05) is 74.0 Å². The molecule has 89 heavy (non-hydrogen) atoms. The minimum absolute atomic E-state index is 0.0493. The zero-order chi connectivity index (χ0) is 70.1. The highest BCUT2D eigenvalue weighted by Gasteiger charge is 2.17. The summed E-state index contributed by atoms with van der Waals surface area (Å²) in [7, 11) is 0. The van der Waals surface area contributed by atoms with Crippen LogP contribution in [0, 0.1) is 53.3 Å². The van der Waals surface area contributed by atoms with Crippen molar-refractivity contribution in [2.45, 2.75) is 421 Å². The Bertz CT molecular complexity index is 1530. The molecule has 0 fully saturated rings. The Morgan fingerprint density at radius 3 is 0.719 bits per heavy atom. The highest BCUT2D eigenvalue weighted by Crippen LogP contribution is 2.18. The van der Waals surface area contributed by atoms with E-state index in [4.69, 9.17) is 0 Å². The Balaban J connectivity index is -0.000000180. The van der Waals surface area contributed by atoms with Gasteiger partial charge in [-0.05, 0) is 62.7 Å². The lowest BCUT2D eigenvalue weighted by Crippen LogP contribution is -2.17. The van der Waals surface area contributed by atoms with Crippen molar-refractivity contribution >= 4 is 34.7 Å². The number of hydrogen-bond donors (Lipinski definition) is 4. The van der Waals surface area contributed by atoms with Crippen LogP contribution in [-0.2, 0) is 28.8 Å². The molecule has 536 valence electrons. The molecule has 0 rings (SSSR count). The van der Waals surface area contributed by atoms with E-state index in [0.29, 0.717) is 43.2 Å². The van der Waals surface area contributed by atoms with E-state index in [2.05, 4.69) is 76.2 Å². The minimum Gasteiger partial charge on any atom is -0.393 e. The number of unbranched alkanes of at least 4 members (excludes halogenated alkanes) is 16. The molecule has 0 saturated carbocycles. The molecule has 0 saturated heterocycles. The summed E-state index contributed by atoms with van der Waals surface area (Å²) in [4.78, 5) is 67.8. The van der Waals surface area contributed by atoms with Gasteiger partial charge in [0.15, 0.2) is 0 Å². The molecule has 0 aromatic carbocycles. The van der Waals surface area contributed by atoms with Crippen LogP contribution in [0.5, 0.6) is 0 Å². The van der Waals surface area contributed by atoms with Gasteiger partial charge in [-0.2, -0.15) is 0 Å². The van der Waals surface area contributed by atoms with E-state index in [1.54, 1.807) is 0 Å². The average Bonchev–Trinajstić information content (AvgIpc) is 3.54. The minimum atomic E-state index is -0.432. The number of ketones is 6. The fourth-order valence-electron chi connectivity index (χ4n) is 8.69. The van der Waals surface area contributed by atoms with Crippen molar-refractivity contribution in [1.82, 2.24) is 0 Å². The van der Waals surface area contributed by atoms with Crippen molar-refractivity contribution in [1.29, 1.82) is 0 Å². The summed E-state index contributed by atoms with van der Waals surface area (Å²) in [5.41, 5.74) is 0. The molecule has 0 aliphatic carbocycles. The molecule has 6 atom stereocenters. The van der Waals surface area contributed by atoms with Gasteiger partial charge in [0.1, 0.15) is 34.7 Å². The van der Waals surface area contributed by atoms with Gasteiger partial charge in [0.2, 0.25) is 0 Å². The largest absolute Gasteiger partial charge is 0.393 e. The van der Waals surface area contributed by atoms with Gasteiger partial charge >= 0.3 is 0 Å². The van der Waals surface area contributed by atoms with E-state index in [1.807, 2.05) is 83.1 Å². The maximum Gasteiger partial charge on any atom is 0.137 e. The molecule has 0 amide bonds. The van der Waals surface area contributed by atoms with Gasteiger partial charge in [-0.25, -0.2) is 0 Å². The SMILES string of the molecule is CC(C)CCCCC(O)CC(=O)C(C)C.CCC.CCC(C)CCC(O)CC(=O)C(C)C.CCC(C)CCCCC(O)CC(=O)C(C)C.CCCCCCCC(=O)C(C)C.CCCCCCCC(O)CC(=O)C(C)C.CCCCCCCCCC(=O)C(C)C. The normalized spacial score (nSPS) is 13.0. The molecule has 4 N–H and O–H groups in total. The van der Waals surface area contributed by atoms with E-state index in [9.17, 15) is 49.2 Å². The lowest BCUT2D eigenvalue weighted by atomic mass is 9.96. The van der Waals surface area contributed by atoms with Crippen molar-refractivity contribution in [2.24, 2.45) is 53.3 Å². The van der Waals surface area contributed by atoms with Crippen LogP contribution in [0.4, 0.5) is 0 Å². The number of rotatable bonds is 49. The first-order valence-corrected chi connectivity index (χ1v) is 37.6. The highest BCUT2D eigenvalue weighted by atomic mass is 16.3. The van der Waals surface area contributed by atoms with Crippen LogP contribution < -0.4 is 0 Å². The summed E-state index contributed by atoms with van der Waals surface area (Å²) in [5, 5.41) is 38.5. The van der Waals surface area contributed by atoms with Gasteiger partial charge < -0.3 is 20.4 Å². The number of Topliss-reactive ketones (excluding diaryl/α,β-unsaturated/α-hetero) is 6. The Hall–Kier alpha value is -2.14. The van der Waals surface area contributed by atoms with Crippen molar-refractivity contribution in [2.75, 3.05) is 0 Å². The molecule has 6 unspecified atom stereocenters. The Kier molecular flexibility index (Phi) is 82.7. The maximum absolute atomic E-state index is 11.4. The molecule has 10 heteroatoms. The molecule has 10 nitrogen and oxygen atoms in total. The molecule has 0 aliphatic rings. The van der Waals surface area contributed by atoms with E-state index in [1.165, 1.54) is 122 Å². The lowest BCUT2D eigenvalue weighted by Gasteiger charge is -2.13. The second-order valence-electron chi connectivity index (χ2n) is 28.7. The Morgan fingerprint density at radius 1 is 0.247 bits per heavy atom. The fourth-order valence-corrected chi connectivity index (χ4v) is 8.69. The van der Waals surface area contributed by atoms with Crippen LogP contribution in [-0.4, -0.2) is 79.5 Å². The Morgan fingerprint density at radius 2 is 0.461 bits per heavy atom. The van der Waals surface area contributed by atoms with Crippen molar-refractivity contribution < 1.29 is 49.2 Å². The zero-order valence-corrected chi connectivity index (χ0v) is 63.9. The summed E-state index contributed by atoms with van der Waals surface area (Å²) in [6.07, 6.45) is 37.1. The number of carbonyl (C=O) groups excluding carboxylic acids is 6. The predicted molar refractivity (Wildman–Crippen MR) is 387 cm³/mol. The molecular weight excluding hydrogens is 1110 g/mol. The van der Waals surface area contributed by atoms with Crippen molar-refractivity contribution in [3.05, 3.63) is 0 Å². The van der Waals surface area contributed by atoms with Gasteiger partial charge in [-0.1, -0.05) is 313 Å².